The average Bonchev–Trinajstić information content (AvgIpc) is 2.46. The van der Waals surface area contributed by atoms with E-state index >= 15 is 0 Å². The van der Waals surface area contributed by atoms with Crippen LogP contribution in [0.5, 0.6) is 0 Å². The molecule has 1 aromatic carbocycles. The van der Waals surface area contributed by atoms with Crippen LogP contribution >= 0.6 is 11.6 Å². The number of rotatable bonds is 5. The van der Waals surface area contributed by atoms with Gasteiger partial charge in [-0.1, -0.05) is 17.7 Å². The second-order valence-electron chi connectivity index (χ2n) is 5.01. The van der Waals surface area contributed by atoms with Gasteiger partial charge in [0.1, 0.15) is 5.82 Å². The summed E-state index contributed by atoms with van der Waals surface area (Å²) in [6.07, 6.45) is 1.56. The lowest BCUT2D eigenvalue weighted by Crippen LogP contribution is -2.41. The van der Waals surface area contributed by atoms with E-state index in [0.29, 0.717) is 10.8 Å². The second-order valence-corrected chi connectivity index (χ2v) is 7.16. The average molecular weight is 354 g/mol. The van der Waals surface area contributed by atoms with Gasteiger partial charge in [-0.05, 0) is 49.7 Å². The molecule has 1 aromatic heterocycles. The third kappa shape index (κ3) is 4.75. The molecule has 2 rings (SSSR count). The van der Waals surface area contributed by atoms with Gasteiger partial charge in [0.15, 0.2) is 0 Å². The largest absolute Gasteiger partial charge is 0.309 e. The van der Waals surface area contributed by atoms with Gasteiger partial charge in [0.25, 0.3) is 0 Å². The molecule has 0 fully saturated rings. The van der Waals surface area contributed by atoms with Crippen LogP contribution in [0.25, 0.3) is 0 Å². The van der Waals surface area contributed by atoms with E-state index in [9.17, 15) is 13.2 Å². The van der Waals surface area contributed by atoms with Gasteiger partial charge in [-0.15, -0.1) is 0 Å². The zero-order chi connectivity index (χ0) is 17.0. The molecule has 1 heterocycles. The molecule has 23 heavy (non-hydrogen) atoms. The number of amides is 1. The first-order chi connectivity index (χ1) is 10.8. The SMILES string of the molecule is Cc1ccnc(NC(=O)[C@H](C)NS(=O)(=O)c2cccc(Cl)c2)c1. The Bertz CT molecular complexity index is 824. The minimum atomic E-state index is -3.84. The lowest BCUT2D eigenvalue weighted by Gasteiger charge is -2.14. The van der Waals surface area contributed by atoms with E-state index in [1.54, 1.807) is 24.4 Å². The first-order valence-corrected chi connectivity index (χ1v) is 8.65. The molecular weight excluding hydrogens is 338 g/mol. The highest BCUT2D eigenvalue weighted by atomic mass is 35.5. The van der Waals surface area contributed by atoms with Gasteiger partial charge in [-0.25, -0.2) is 13.4 Å². The maximum atomic E-state index is 12.2. The van der Waals surface area contributed by atoms with E-state index in [0.717, 1.165) is 5.56 Å². The van der Waals surface area contributed by atoms with Crippen molar-refractivity contribution in [2.75, 3.05) is 5.32 Å². The van der Waals surface area contributed by atoms with Gasteiger partial charge in [0.05, 0.1) is 10.9 Å². The Morgan fingerprint density at radius 2 is 2.00 bits per heavy atom. The van der Waals surface area contributed by atoms with Crippen LogP contribution in [0.3, 0.4) is 0 Å². The molecule has 1 atom stereocenters. The number of sulfonamides is 1. The monoisotopic (exact) mass is 353 g/mol. The number of carbonyl (C=O) groups is 1. The van der Waals surface area contributed by atoms with Crippen molar-refractivity contribution in [2.24, 2.45) is 0 Å². The molecule has 0 spiro atoms. The summed E-state index contributed by atoms with van der Waals surface area (Å²) in [5.74, 6) is -0.141. The van der Waals surface area contributed by atoms with E-state index in [-0.39, 0.29) is 4.90 Å². The van der Waals surface area contributed by atoms with Crippen molar-refractivity contribution in [3.05, 3.63) is 53.2 Å². The van der Waals surface area contributed by atoms with Crippen molar-refractivity contribution >= 4 is 33.3 Å². The van der Waals surface area contributed by atoms with Crippen LogP contribution in [-0.4, -0.2) is 25.4 Å². The quantitative estimate of drug-likeness (QED) is 0.863. The zero-order valence-corrected chi connectivity index (χ0v) is 14.1. The summed E-state index contributed by atoms with van der Waals surface area (Å²) in [6, 6.07) is 8.33. The second kappa shape index (κ2) is 7.08. The molecule has 122 valence electrons. The fourth-order valence-electron chi connectivity index (χ4n) is 1.83. The number of hydrogen-bond acceptors (Lipinski definition) is 4. The third-order valence-electron chi connectivity index (χ3n) is 3.00. The molecule has 0 bridgehead atoms. The minimum Gasteiger partial charge on any atom is -0.309 e. The van der Waals surface area contributed by atoms with Gasteiger partial charge in [-0.2, -0.15) is 4.72 Å². The summed E-state index contributed by atoms with van der Waals surface area (Å²) in [7, 11) is -3.84. The number of hydrogen-bond donors (Lipinski definition) is 2. The first kappa shape index (κ1) is 17.4. The van der Waals surface area contributed by atoms with E-state index < -0.39 is 22.0 Å². The fraction of sp³-hybridized carbons (Fsp3) is 0.200. The molecule has 8 heteroatoms. The van der Waals surface area contributed by atoms with Crippen molar-refractivity contribution in [3.8, 4) is 0 Å². The highest BCUT2D eigenvalue weighted by Gasteiger charge is 2.22. The van der Waals surface area contributed by atoms with E-state index in [2.05, 4.69) is 15.0 Å². The molecule has 0 aliphatic carbocycles. The van der Waals surface area contributed by atoms with Gasteiger partial charge < -0.3 is 5.32 Å². The van der Waals surface area contributed by atoms with Crippen molar-refractivity contribution in [2.45, 2.75) is 24.8 Å². The molecule has 0 aliphatic rings. The Kier molecular flexibility index (Phi) is 5.35. The summed E-state index contributed by atoms with van der Waals surface area (Å²) < 4.78 is 26.8. The lowest BCUT2D eigenvalue weighted by atomic mass is 10.3. The predicted molar refractivity (Wildman–Crippen MR) is 88.8 cm³/mol. The molecule has 0 radical (unpaired) electrons. The molecule has 0 saturated heterocycles. The number of nitrogens with zero attached hydrogens (tertiary/aromatic N) is 1. The number of carbonyl (C=O) groups excluding carboxylic acids is 1. The standard InChI is InChI=1S/C15H16ClN3O3S/c1-10-6-7-17-14(8-10)18-15(20)11(2)19-23(21,22)13-5-3-4-12(16)9-13/h3-9,11,19H,1-2H3,(H,17,18,20)/t11-/m0/s1. The molecule has 1 amide bonds. The van der Waals surface area contributed by atoms with Gasteiger partial charge in [0, 0.05) is 11.2 Å². The van der Waals surface area contributed by atoms with Crippen LogP contribution in [0.15, 0.2) is 47.5 Å². The Morgan fingerprint density at radius 1 is 1.26 bits per heavy atom. The fourth-order valence-corrected chi connectivity index (χ4v) is 3.33. The van der Waals surface area contributed by atoms with Gasteiger partial charge in [-0.3, -0.25) is 4.79 Å². The molecule has 2 N–H and O–H groups in total. The maximum absolute atomic E-state index is 12.2. The Balaban J connectivity index is 2.08. The van der Waals surface area contributed by atoms with Crippen LogP contribution in [0.1, 0.15) is 12.5 Å². The molecule has 0 unspecified atom stereocenters. The predicted octanol–water partition coefficient (Wildman–Crippen LogP) is 2.35. The van der Waals surface area contributed by atoms with E-state index in [1.807, 2.05) is 6.92 Å². The van der Waals surface area contributed by atoms with Crippen LogP contribution in [0.2, 0.25) is 5.02 Å². The van der Waals surface area contributed by atoms with Crippen LogP contribution < -0.4 is 10.0 Å². The maximum Gasteiger partial charge on any atom is 0.243 e. The number of pyridine rings is 1. The smallest absolute Gasteiger partial charge is 0.243 e. The normalized spacial score (nSPS) is 12.7. The van der Waals surface area contributed by atoms with Crippen molar-refractivity contribution < 1.29 is 13.2 Å². The van der Waals surface area contributed by atoms with E-state index in [1.165, 1.54) is 25.1 Å². The third-order valence-corrected chi connectivity index (χ3v) is 4.77. The molecule has 2 aromatic rings. The summed E-state index contributed by atoms with van der Waals surface area (Å²) in [5.41, 5.74) is 0.933. The Morgan fingerprint density at radius 3 is 2.65 bits per heavy atom. The highest BCUT2D eigenvalue weighted by Crippen LogP contribution is 2.15. The van der Waals surface area contributed by atoms with Crippen molar-refractivity contribution in [3.63, 3.8) is 0 Å². The Labute approximate surface area is 139 Å². The minimum absolute atomic E-state index is 0.00155. The highest BCUT2D eigenvalue weighted by molar-refractivity contribution is 7.89. The number of nitrogens with one attached hydrogen (secondary N) is 2. The van der Waals surface area contributed by atoms with Gasteiger partial charge >= 0.3 is 0 Å². The summed E-state index contributed by atoms with van der Waals surface area (Å²) in [5, 5.41) is 2.86. The lowest BCUT2D eigenvalue weighted by molar-refractivity contribution is -0.117. The van der Waals surface area contributed by atoms with E-state index in [4.69, 9.17) is 11.6 Å². The van der Waals surface area contributed by atoms with Crippen molar-refractivity contribution in [1.82, 2.24) is 9.71 Å². The van der Waals surface area contributed by atoms with Gasteiger partial charge in [0.2, 0.25) is 15.9 Å². The number of aromatic nitrogens is 1. The van der Waals surface area contributed by atoms with Crippen LogP contribution in [0.4, 0.5) is 5.82 Å². The molecule has 6 nitrogen and oxygen atoms in total. The molecule has 0 saturated carbocycles. The Hall–Kier alpha value is -1.96. The summed E-state index contributed by atoms with van der Waals surface area (Å²) >= 11 is 5.79. The summed E-state index contributed by atoms with van der Waals surface area (Å²) in [6.45, 7) is 3.32. The van der Waals surface area contributed by atoms with Crippen LogP contribution in [0, 0.1) is 6.92 Å². The van der Waals surface area contributed by atoms with Crippen molar-refractivity contribution in [1.29, 1.82) is 0 Å². The zero-order valence-electron chi connectivity index (χ0n) is 12.6. The number of halogens is 1. The molecule has 0 aliphatic heterocycles. The summed E-state index contributed by atoms with van der Waals surface area (Å²) in [4.78, 5) is 16.1. The van der Waals surface area contributed by atoms with Crippen LogP contribution in [-0.2, 0) is 14.8 Å². The number of anilines is 1. The number of benzene rings is 1. The topological polar surface area (TPSA) is 88.2 Å². The number of aryl methyl sites for hydroxylation is 1. The molecular formula is C15H16ClN3O3S. The first-order valence-electron chi connectivity index (χ1n) is 6.79.